The normalized spacial score (nSPS) is 12.4. The van der Waals surface area contributed by atoms with Gasteiger partial charge in [-0.2, -0.15) is 5.10 Å². The van der Waals surface area contributed by atoms with E-state index in [0.717, 1.165) is 22.8 Å². The van der Waals surface area contributed by atoms with Gasteiger partial charge in [0.15, 0.2) is 0 Å². The van der Waals surface area contributed by atoms with Crippen LogP contribution in [0.3, 0.4) is 0 Å². The van der Waals surface area contributed by atoms with E-state index in [0.29, 0.717) is 13.1 Å². The minimum Gasteiger partial charge on any atom is -0.392 e. The lowest BCUT2D eigenvalue weighted by molar-refractivity contribution is 0.201. The van der Waals surface area contributed by atoms with Gasteiger partial charge in [-0.25, -0.2) is 4.68 Å². The number of aromatic nitrogens is 2. The first kappa shape index (κ1) is 14.6. The Kier molecular flexibility index (Phi) is 4.42. The molecule has 0 spiro atoms. The van der Waals surface area contributed by atoms with Crippen molar-refractivity contribution in [1.29, 1.82) is 0 Å². The van der Waals surface area contributed by atoms with E-state index in [1.54, 1.807) is 6.92 Å². The number of aliphatic hydroxyl groups is 1. The smallest absolute Gasteiger partial charge is 0.137 e. The zero-order valence-corrected chi connectivity index (χ0v) is 12.2. The maximum atomic E-state index is 9.61. The minimum absolute atomic E-state index is 0.412. The SMILES string of the molecule is Cc1nn(-c2ccccc2)c(N(C)CC(C)O)c1CN. The average Bonchev–Trinajstić information content (AvgIpc) is 2.75. The van der Waals surface area contributed by atoms with Gasteiger partial charge in [0.25, 0.3) is 0 Å². The van der Waals surface area contributed by atoms with Crippen LogP contribution in [0.25, 0.3) is 5.69 Å². The molecule has 0 saturated heterocycles. The van der Waals surface area contributed by atoms with Gasteiger partial charge in [0.1, 0.15) is 5.82 Å². The summed E-state index contributed by atoms with van der Waals surface area (Å²) in [6, 6.07) is 9.95. The molecule has 1 aromatic heterocycles. The second kappa shape index (κ2) is 6.07. The Morgan fingerprint density at radius 2 is 2.00 bits per heavy atom. The van der Waals surface area contributed by atoms with Crippen molar-refractivity contribution in [3.05, 3.63) is 41.6 Å². The predicted molar refractivity (Wildman–Crippen MR) is 81.1 cm³/mol. The van der Waals surface area contributed by atoms with Crippen LogP contribution in [-0.2, 0) is 6.54 Å². The Labute approximate surface area is 119 Å². The van der Waals surface area contributed by atoms with Crippen LogP contribution in [0.4, 0.5) is 5.82 Å². The lowest BCUT2D eigenvalue weighted by Crippen LogP contribution is -2.29. The maximum absolute atomic E-state index is 9.61. The van der Waals surface area contributed by atoms with E-state index in [9.17, 15) is 5.11 Å². The zero-order chi connectivity index (χ0) is 14.7. The van der Waals surface area contributed by atoms with Crippen LogP contribution in [0.2, 0.25) is 0 Å². The summed E-state index contributed by atoms with van der Waals surface area (Å²) in [6.07, 6.45) is -0.412. The number of para-hydroxylation sites is 1. The fourth-order valence-corrected chi connectivity index (χ4v) is 2.41. The van der Waals surface area contributed by atoms with Crippen molar-refractivity contribution < 1.29 is 5.11 Å². The van der Waals surface area contributed by atoms with Gasteiger partial charge >= 0.3 is 0 Å². The highest BCUT2D eigenvalue weighted by atomic mass is 16.3. The van der Waals surface area contributed by atoms with Crippen LogP contribution in [0.15, 0.2) is 30.3 Å². The molecule has 1 unspecified atom stereocenters. The Bertz CT molecular complexity index is 563. The first-order chi connectivity index (χ1) is 9.54. The number of likely N-dealkylation sites (N-methyl/N-ethyl adjacent to an activating group) is 1. The number of nitrogens with zero attached hydrogens (tertiary/aromatic N) is 3. The van der Waals surface area contributed by atoms with Gasteiger partial charge in [-0.3, -0.25) is 0 Å². The number of anilines is 1. The quantitative estimate of drug-likeness (QED) is 0.866. The van der Waals surface area contributed by atoms with Crippen LogP contribution >= 0.6 is 0 Å². The molecule has 0 aliphatic heterocycles. The fraction of sp³-hybridized carbons (Fsp3) is 0.400. The molecule has 20 heavy (non-hydrogen) atoms. The highest BCUT2D eigenvalue weighted by molar-refractivity contribution is 5.54. The zero-order valence-electron chi connectivity index (χ0n) is 12.2. The average molecular weight is 274 g/mol. The van der Waals surface area contributed by atoms with Crippen LogP contribution in [-0.4, -0.2) is 34.6 Å². The van der Waals surface area contributed by atoms with Gasteiger partial charge in [-0.15, -0.1) is 0 Å². The van der Waals surface area contributed by atoms with Gasteiger partial charge in [-0.1, -0.05) is 18.2 Å². The molecule has 0 aliphatic rings. The van der Waals surface area contributed by atoms with Gasteiger partial charge in [0.05, 0.1) is 17.5 Å². The first-order valence-corrected chi connectivity index (χ1v) is 6.77. The Balaban J connectivity index is 2.52. The van der Waals surface area contributed by atoms with Crippen molar-refractivity contribution >= 4 is 5.82 Å². The van der Waals surface area contributed by atoms with E-state index >= 15 is 0 Å². The van der Waals surface area contributed by atoms with E-state index < -0.39 is 6.10 Å². The second-order valence-corrected chi connectivity index (χ2v) is 5.07. The monoisotopic (exact) mass is 274 g/mol. The van der Waals surface area contributed by atoms with Crippen molar-refractivity contribution in [2.75, 3.05) is 18.5 Å². The third kappa shape index (κ3) is 2.84. The third-order valence-electron chi connectivity index (χ3n) is 3.26. The summed E-state index contributed by atoms with van der Waals surface area (Å²) in [5.74, 6) is 0.942. The molecule has 5 heteroatoms. The highest BCUT2D eigenvalue weighted by Gasteiger charge is 2.19. The number of aliphatic hydroxyl groups excluding tert-OH is 1. The number of benzene rings is 1. The summed E-state index contributed by atoms with van der Waals surface area (Å²) in [5.41, 5.74) is 8.79. The van der Waals surface area contributed by atoms with Crippen LogP contribution in [0.5, 0.6) is 0 Å². The van der Waals surface area contributed by atoms with Crippen molar-refractivity contribution in [2.24, 2.45) is 5.73 Å². The van der Waals surface area contributed by atoms with Crippen molar-refractivity contribution in [1.82, 2.24) is 9.78 Å². The topological polar surface area (TPSA) is 67.3 Å². The summed E-state index contributed by atoms with van der Waals surface area (Å²) >= 11 is 0. The molecule has 0 amide bonds. The molecule has 0 fully saturated rings. The van der Waals surface area contributed by atoms with Crippen LogP contribution in [0, 0.1) is 6.92 Å². The number of aryl methyl sites for hydroxylation is 1. The largest absolute Gasteiger partial charge is 0.392 e. The molecule has 2 aromatic rings. The molecule has 0 saturated carbocycles. The molecular formula is C15H22N4O. The molecule has 0 radical (unpaired) electrons. The van der Waals surface area contributed by atoms with E-state index in [1.165, 1.54) is 0 Å². The molecule has 1 heterocycles. The fourth-order valence-electron chi connectivity index (χ4n) is 2.41. The molecule has 3 N–H and O–H groups in total. The molecule has 2 rings (SSSR count). The molecular weight excluding hydrogens is 252 g/mol. The van der Waals surface area contributed by atoms with E-state index in [4.69, 9.17) is 5.73 Å². The molecule has 0 bridgehead atoms. The number of rotatable bonds is 5. The molecule has 5 nitrogen and oxygen atoms in total. The Morgan fingerprint density at radius 3 is 2.55 bits per heavy atom. The number of hydrogen-bond donors (Lipinski definition) is 2. The van der Waals surface area contributed by atoms with Gasteiger partial charge in [0, 0.05) is 25.7 Å². The summed E-state index contributed by atoms with van der Waals surface area (Å²) in [5, 5.41) is 14.2. The van der Waals surface area contributed by atoms with E-state index in [-0.39, 0.29) is 0 Å². The number of hydrogen-bond acceptors (Lipinski definition) is 4. The second-order valence-electron chi connectivity index (χ2n) is 5.07. The summed E-state index contributed by atoms with van der Waals surface area (Å²) in [4.78, 5) is 2.00. The summed E-state index contributed by atoms with van der Waals surface area (Å²) in [7, 11) is 1.95. The van der Waals surface area contributed by atoms with Gasteiger partial charge in [-0.05, 0) is 26.0 Å². The lowest BCUT2D eigenvalue weighted by atomic mass is 10.2. The molecule has 1 aromatic carbocycles. The van der Waals surface area contributed by atoms with Crippen molar-refractivity contribution in [2.45, 2.75) is 26.5 Å². The Hall–Kier alpha value is -1.85. The van der Waals surface area contributed by atoms with E-state index in [1.807, 2.05) is 53.9 Å². The van der Waals surface area contributed by atoms with Crippen LogP contribution in [0.1, 0.15) is 18.2 Å². The Morgan fingerprint density at radius 1 is 1.35 bits per heavy atom. The van der Waals surface area contributed by atoms with Gasteiger partial charge in [0.2, 0.25) is 0 Å². The van der Waals surface area contributed by atoms with Crippen LogP contribution < -0.4 is 10.6 Å². The standard InChI is InChI=1S/C15H22N4O/c1-11(20)10-18(3)15-14(9-16)12(2)17-19(15)13-7-5-4-6-8-13/h4-8,11,20H,9-10,16H2,1-3H3. The van der Waals surface area contributed by atoms with Gasteiger partial charge < -0.3 is 15.7 Å². The van der Waals surface area contributed by atoms with Crippen molar-refractivity contribution in [3.8, 4) is 5.69 Å². The highest BCUT2D eigenvalue weighted by Crippen LogP contribution is 2.26. The molecule has 108 valence electrons. The number of nitrogens with two attached hydrogens (primary N) is 1. The lowest BCUT2D eigenvalue weighted by Gasteiger charge is -2.23. The predicted octanol–water partition coefficient (Wildman–Crippen LogP) is 1.46. The summed E-state index contributed by atoms with van der Waals surface area (Å²) in [6.45, 7) is 4.69. The van der Waals surface area contributed by atoms with Crippen molar-refractivity contribution in [3.63, 3.8) is 0 Å². The summed E-state index contributed by atoms with van der Waals surface area (Å²) < 4.78 is 1.89. The third-order valence-corrected chi connectivity index (χ3v) is 3.26. The minimum atomic E-state index is -0.412. The molecule has 1 atom stereocenters. The maximum Gasteiger partial charge on any atom is 0.137 e. The molecule has 0 aliphatic carbocycles. The van der Waals surface area contributed by atoms with E-state index in [2.05, 4.69) is 5.10 Å². The first-order valence-electron chi connectivity index (χ1n) is 6.77.